The maximum Gasteiger partial charge on any atom is 0.0470 e. The van der Waals surface area contributed by atoms with Gasteiger partial charge in [-0.25, -0.2) is 0 Å². The van der Waals surface area contributed by atoms with Crippen molar-refractivity contribution in [1.29, 1.82) is 0 Å². The van der Waals surface area contributed by atoms with E-state index in [1.807, 2.05) is 0 Å². The van der Waals surface area contributed by atoms with Crippen molar-refractivity contribution < 1.29 is 0 Å². The maximum absolute atomic E-state index is 3.46. The van der Waals surface area contributed by atoms with Gasteiger partial charge in [-0.1, -0.05) is 35.0 Å². The lowest BCUT2D eigenvalue weighted by molar-refractivity contribution is 0.673. The molecule has 1 heterocycles. The Bertz CT molecular complexity index is 473. The monoisotopic (exact) mass is 306 g/mol. The summed E-state index contributed by atoms with van der Waals surface area (Å²) in [6, 6.07) is 10.7. The highest BCUT2D eigenvalue weighted by Crippen LogP contribution is 2.12. The summed E-state index contributed by atoms with van der Waals surface area (Å²) in [6.45, 7) is 5.16. The smallest absolute Gasteiger partial charge is 0.0470 e. The SMILES string of the molecule is CCCNCc1ccn(Cc2ccc(Br)cc2)c1. The molecule has 0 unspecified atom stereocenters. The first-order chi connectivity index (χ1) is 8.78. The van der Waals surface area contributed by atoms with Crippen LogP contribution in [0.4, 0.5) is 0 Å². The van der Waals surface area contributed by atoms with Crippen LogP contribution in [0.1, 0.15) is 24.5 Å². The maximum atomic E-state index is 3.46. The minimum Gasteiger partial charge on any atom is -0.350 e. The highest BCUT2D eigenvalue weighted by Gasteiger charge is 1.98. The topological polar surface area (TPSA) is 17.0 Å². The van der Waals surface area contributed by atoms with E-state index < -0.39 is 0 Å². The Labute approximate surface area is 117 Å². The fourth-order valence-corrected chi connectivity index (χ4v) is 2.17. The number of hydrogen-bond acceptors (Lipinski definition) is 1. The van der Waals surface area contributed by atoms with Gasteiger partial charge in [-0.15, -0.1) is 0 Å². The summed E-state index contributed by atoms with van der Waals surface area (Å²) in [4.78, 5) is 0. The molecule has 2 rings (SSSR count). The van der Waals surface area contributed by atoms with Crippen LogP contribution in [-0.2, 0) is 13.1 Å². The number of rotatable bonds is 6. The van der Waals surface area contributed by atoms with Crippen molar-refractivity contribution in [3.05, 3.63) is 58.3 Å². The zero-order valence-electron chi connectivity index (χ0n) is 10.7. The third-order valence-electron chi connectivity index (χ3n) is 2.85. The first-order valence-corrected chi connectivity index (χ1v) is 7.17. The molecule has 0 atom stereocenters. The average Bonchev–Trinajstić information content (AvgIpc) is 2.80. The van der Waals surface area contributed by atoms with Gasteiger partial charge in [0.05, 0.1) is 0 Å². The Hall–Kier alpha value is -1.06. The second kappa shape index (κ2) is 6.76. The van der Waals surface area contributed by atoms with Gasteiger partial charge in [-0.3, -0.25) is 0 Å². The molecule has 2 nitrogen and oxygen atoms in total. The summed E-state index contributed by atoms with van der Waals surface area (Å²) in [5, 5.41) is 3.42. The molecule has 1 aromatic heterocycles. The molecule has 3 heteroatoms. The van der Waals surface area contributed by atoms with E-state index in [0.29, 0.717) is 0 Å². The van der Waals surface area contributed by atoms with Gasteiger partial charge in [-0.2, -0.15) is 0 Å². The largest absolute Gasteiger partial charge is 0.350 e. The molecule has 96 valence electrons. The molecule has 2 aromatic rings. The molecule has 18 heavy (non-hydrogen) atoms. The van der Waals surface area contributed by atoms with Gasteiger partial charge < -0.3 is 9.88 Å². The third-order valence-corrected chi connectivity index (χ3v) is 3.37. The van der Waals surface area contributed by atoms with Crippen molar-refractivity contribution in [1.82, 2.24) is 9.88 Å². The van der Waals surface area contributed by atoms with Crippen LogP contribution in [0, 0.1) is 0 Å². The Kier molecular flexibility index (Phi) is 5.02. The fourth-order valence-electron chi connectivity index (χ4n) is 1.90. The molecule has 0 fully saturated rings. The van der Waals surface area contributed by atoms with Gasteiger partial charge in [0, 0.05) is 30.0 Å². The fraction of sp³-hybridized carbons (Fsp3) is 0.333. The Balaban J connectivity index is 1.91. The Morgan fingerprint density at radius 2 is 1.89 bits per heavy atom. The van der Waals surface area contributed by atoms with E-state index >= 15 is 0 Å². The predicted octanol–water partition coefficient (Wildman–Crippen LogP) is 3.80. The average molecular weight is 307 g/mol. The van der Waals surface area contributed by atoms with Crippen LogP contribution < -0.4 is 5.32 Å². The van der Waals surface area contributed by atoms with Crippen LogP contribution in [0.25, 0.3) is 0 Å². The van der Waals surface area contributed by atoms with E-state index in [4.69, 9.17) is 0 Å². The molecular weight excluding hydrogens is 288 g/mol. The van der Waals surface area contributed by atoms with E-state index in [-0.39, 0.29) is 0 Å². The number of halogens is 1. The van der Waals surface area contributed by atoms with Crippen LogP contribution >= 0.6 is 15.9 Å². The summed E-state index contributed by atoms with van der Waals surface area (Å²) in [6.07, 6.45) is 5.54. The lowest BCUT2D eigenvalue weighted by atomic mass is 10.2. The summed E-state index contributed by atoms with van der Waals surface area (Å²) in [7, 11) is 0. The van der Waals surface area contributed by atoms with Gasteiger partial charge in [-0.05, 0) is 42.3 Å². The van der Waals surface area contributed by atoms with E-state index in [9.17, 15) is 0 Å². The van der Waals surface area contributed by atoms with E-state index in [1.54, 1.807) is 0 Å². The number of nitrogens with one attached hydrogen (secondary N) is 1. The van der Waals surface area contributed by atoms with Crippen LogP contribution in [-0.4, -0.2) is 11.1 Å². The van der Waals surface area contributed by atoms with Gasteiger partial charge in [0.15, 0.2) is 0 Å². The second-order valence-electron chi connectivity index (χ2n) is 4.50. The number of benzene rings is 1. The zero-order valence-corrected chi connectivity index (χ0v) is 12.3. The van der Waals surface area contributed by atoms with Gasteiger partial charge in [0.25, 0.3) is 0 Å². The summed E-state index contributed by atoms with van der Waals surface area (Å²) < 4.78 is 3.36. The summed E-state index contributed by atoms with van der Waals surface area (Å²) >= 11 is 3.46. The van der Waals surface area contributed by atoms with Gasteiger partial charge in [0.2, 0.25) is 0 Å². The molecule has 0 saturated heterocycles. The van der Waals surface area contributed by atoms with Crippen molar-refractivity contribution in [2.24, 2.45) is 0 Å². The molecule has 1 aromatic carbocycles. The van der Waals surface area contributed by atoms with Gasteiger partial charge in [0.1, 0.15) is 0 Å². The molecule has 1 N–H and O–H groups in total. The van der Waals surface area contributed by atoms with Crippen molar-refractivity contribution in [2.45, 2.75) is 26.4 Å². The number of aromatic nitrogens is 1. The van der Waals surface area contributed by atoms with Crippen LogP contribution in [0.3, 0.4) is 0 Å². The number of hydrogen-bond donors (Lipinski definition) is 1. The van der Waals surface area contributed by atoms with E-state index in [2.05, 4.69) is 75.5 Å². The molecular formula is C15H19BrN2. The van der Waals surface area contributed by atoms with Crippen molar-refractivity contribution in [3.63, 3.8) is 0 Å². The third kappa shape index (κ3) is 4.00. The lowest BCUT2D eigenvalue weighted by Gasteiger charge is -2.03. The minimum absolute atomic E-state index is 0.932. The molecule has 0 bridgehead atoms. The predicted molar refractivity (Wildman–Crippen MR) is 79.7 cm³/mol. The van der Waals surface area contributed by atoms with Crippen LogP contribution in [0.5, 0.6) is 0 Å². The van der Waals surface area contributed by atoms with Gasteiger partial charge >= 0.3 is 0 Å². The molecule has 0 saturated carbocycles. The van der Waals surface area contributed by atoms with Crippen LogP contribution in [0.2, 0.25) is 0 Å². The second-order valence-corrected chi connectivity index (χ2v) is 5.41. The molecule has 0 aliphatic carbocycles. The normalized spacial score (nSPS) is 10.8. The molecule has 0 aliphatic rings. The Morgan fingerprint density at radius 3 is 2.61 bits per heavy atom. The number of nitrogens with zero attached hydrogens (tertiary/aromatic N) is 1. The van der Waals surface area contributed by atoms with E-state index in [1.165, 1.54) is 17.5 Å². The molecule has 0 aliphatic heterocycles. The summed E-state index contributed by atoms with van der Waals surface area (Å²) in [5.74, 6) is 0. The van der Waals surface area contributed by atoms with E-state index in [0.717, 1.165) is 24.1 Å². The first-order valence-electron chi connectivity index (χ1n) is 6.37. The quantitative estimate of drug-likeness (QED) is 0.803. The molecule has 0 amide bonds. The zero-order chi connectivity index (χ0) is 12.8. The molecule has 0 radical (unpaired) electrons. The molecule has 0 spiro atoms. The summed E-state index contributed by atoms with van der Waals surface area (Å²) in [5.41, 5.74) is 2.67. The Morgan fingerprint density at radius 1 is 1.11 bits per heavy atom. The van der Waals surface area contributed by atoms with Crippen molar-refractivity contribution in [2.75, 3.05) is 6.54 Å². The van der Waals surface area contributed by atoms with Crippen molar-refractivity contribution in [3.8, 4) is 0 Å². The lowest BCUT2D eigenvalue weighted by Crippen LogP contribution is -2.13. The van der Waals surface area contributed by atoms with Crippen LogP contribution in [0.15, 0.2) is 47.2 Å². The minimum atomic E-state index is 0.932. The van der Waals surface area contributed by atoms with Crippen molar-refractivity contribution >= 4 is 15.9 Å². The first kappa shape index (κ1) is 13.4. The standard InChI is InChI=1S/C15H19BrN2/c1-2-8-17-10-14-7-9-18(12-14)11-13-3-5-15(16)6-4-13/h3-7,9,12,17H,2,8,10-11H2,1H3. The highest BCUT2D eigenvalue weighted by molar-refractivity contribution is 9.10. The highest BCUT2D eigenvalue weighted by atomic mass is 79.9.